The summed E-state index contributed by atoms with van der Waals surface area (Å²) in [6.45, 7) is 8.97. The lowest BCUT2D eigenvalue weighted by atomic mass is 10.2. The number of anilines is 1. The van der Waals surface area contributed by atoms with Gasteiger partial charge >= 0.3 is 6.18 Å². The number of alkyl halides is 3. The van der Waals surface area contributed by atoms with Crippen molar-refractivity contribution in [3.05, 3.63) is 47.3 Å². The maximum atomic E-state index is 12.9. The molecule has 1 fully saturated rings. The Labute approximate surface area is 168 Å². The molecule has 9 heteroatoms. The molecule has 28 heavy (non-hydrogen) atoms. The molecule has 152 valence electrons. The molecule has 1 aliphatic rings. The molecule has 0 unspecified atom stereocenters. The summed E-state index contributed by atoms with van der Waals surface area (Å²) < 4.78 is 40.5. The summed E-state index contributed by atoms with van der Waals surface area (Å²) in [4.78, 5) is 4.34. The van der Waals surface area contributed by atoms with Crippen LogP contribution in [-0.4, -0.2) is 50.9 Å². The van der Waals surface area contributed by atoms with Crippen molar-refractivity contribution >= 4 is 23.0 Å². The molecule has 0 aliphatic carbocycles. The van der Waals surface area contributed by atoms with Crippen LogP contribution in [0.3, 0.4) is 0 Å². The number of piperazine rings is 1. The minimum absolute atomic E-state index is 0.352. The van der Waals surface area contributed by atoms with Crippen LogP contribution < -0.4 is 5.32 Å². The normalized spacial score (nSPS) is 15.7. The van der Waals surface area contributed by atoms with Gasteiger partial charge in [-0.1, -0.05) is 6.07 Å². The van der Waals surface area contributed by atoms with E-state index < -0.39 is 11.7 Å². The van der Waals surface area contributed by atoms with Crippen LogP contribution in [0.1, 0.15) is 23.7 Å². The first-order valence-corrected chi connectivity index (χ1v) is 9.65. The van der Waals surface area contributed by atoms with E-state index in [0.717, 1.165) is 51.4 Å². The first-order chi connectivity index (χ1) is 13.3. The minimum atomic E-state index is -4.37. The summed E-state index contributed by atoms with van der Waals surface area (Å²) in [6, 6.07) is 5.10. The summed E-state index contributed by atoms with van der Waals surface area (Å²) in [6.07, 6.45) is -2.44. The zero-order chi connectivity index (χ0) is 20.3. The second-order valence-corrected chi connectivity index (χ2v) is 7.23. The van der Waals surface area contributed by atoms with E-state index in [0.29, 0.717) is 10.8 Å². The van der Waals surface area contributed by atoms with Gasteiger partial charge < -0.3 is 10.2 Å². The maximum Gasteiger partial charge on any atom is 0.416 e. The molecule has 0 radical (unpaired) electrons. The minimum Gasteiger partial charge on any atom is -0.346 e. The van der Waals surface area contributed by atoms with Crippen LogP contribution in [0.15, 0.2) is 30.5 Å². The zero-order valence-electron chi connectivity index (χ0n) is 16.0. The molecule has 1 aliphatic heterocycles. The van der Waals surface area contributed by atoms with Crippen LogP contribution in [0, 0.1) is 6.92 Å². The van der Waals surface area contributed by atoms with Crippen LogP contribution in [0.4, 0.5) is 18.9 Å². The highest BCUT2D eigenvalue weighted by molar-refractivity contribution is 7.80. The second kappa shape index (κ2) is 8.48. The molecule has 0 bridgehead atoms. The van der Waals surface area contributed by atoms with E-state index in [9.17, 15) is 13.2 Å². The van der Waals surface area contributed by atoms with Gasteiger partial charge in [-0.3, -0.25) is 9.58 Å². The Bertz CT molecular complexity index is 825. The summed E-state index contributed by atoms with van der Waals surface area (Å²) in [5.74, 6) is 0. The Balaban J connectivity index is 1.53. The Morgan fingerprint density at radius 3 is 2.54 bits per heavy atom. The molecule has 3 rings (SSSR count). The molecule has 2 heterocycles. The predicted octanol–water partition coefficient (Wildman–Crippen LogP) is 3.74. The summed E-state index contributed by atoms with van der Waals surface area (Å²) in [5, 5.41) is 7.77. The standard InChI is InChI=1S/C19H24F3N5S/c1-3-27-14(2)15(12-23-27)13-25-7-9-26(10-8-25)18(28)24-17-6-4-5-16(11-17)19(20,21)22/h4-6,11-12H,3,7-10,13H2,1-2H3,(H,24,28). The molecular weight excluding hydrogens is 387 g/mol. The van der Waals surface area contributed by atoms with Gasteiger partial charge in [-0.2, -0.15) is 18.3 Å². The highest BCUT2D eigenvalue weighted by atomic mass is 32.1. The van der Waals surface area contributed by atoms with Gasteiger partial charge in [0.25, 0.3) is 0 Å². The SMILES string of the molecule is CCn1ncc(CN2CCN(C(=S)Nc3cccc(C(F)(F)F)c3)CC2)c1C. The molecule has 1 aromatic carbocycles. The Morgan fingerprint density at radius 1 is 1.21 bits per heavy atom. The number of hydrogen-bond donors (Lipinski definition) is 1. The van der Waals surface area contributed by atoms with Gasteiger partial charge in [0, 0.05) is 56.2 Å². The quantitative estimate of drug-likeness (QED) is 0.776. The van der Waals surface area contributed by atoms with Crippen molar-refractivity contribution < 1.29 is 13.2 Å². The molecule has 1 saturated heterocycles. The first kappa shape index (κ1) is 20.6. The Hall–Kier alpha value is -2.13. The number of hydrogen-bond acceptors (Lipinski definition) is 3. The van der Waals surface area contributed by atoms with Crippen LogP contribution in [0.25, 0.3) is 0 Å². The largest absolute Gasteiger partial charge is 0.416 e. The third-order valence-corrected chi connectivity index (χ3v) is 5.36. The van der Waals surface area contributed by atoms with Gasteiger partial charge in [-0.25, -0.2) is 0 Å². The molecule has 2 aromatic rings. The fraction of sp³-hybridized carbons (Fsp3) is 0.474. The molecule has 1 N–H and O–H groups in total. The van der Waals surface area contributed by atoms with Gasteiger partial charge in [0.1, 0.15) is 0 Å². The van der Waals surface area contributed by atoms with E-state index >= 15 is 0 Å². The molecule has 0 amide bonds. The average molecular weight is 411 g/mol. The summed E-state index contributed by atoms with van der Waals surface area (Å²) in [7, 11) is 0. The predicted molar refractivity (Wildman–Crippen MR) is 107 cm³/mol. The lowest BCUT2D eigenvalue weighted by molar-refractivity contribution is -0.137. The molecular formula is C19H24F3N5S. The number of aryl methyl sites for hydroxylation is 1. The lowest BCUT2D eigenvalue weighted by Crippen LogP contribution is -2.49. The van der Waals surface area contributed by atoms with Gasteiger partial charge in [0.15, 0.2) is 5.11 Å². The van der Waals surface area contributed by atoms with Crippen molar-refractivity contribution in [1.82, 2.24) is 19.6 Å². The highest BCUT2D eigenvalue weighted by Crippen LogP contribution is 2.30. The van der Waals surface area contributed by atoms with Crippen LogP contribution >= 0.6 is 12.2 Å². The van der Waals surface area contributed by atoms with Gasteiger partial charge in [0.2, 0.25) is 0 Å². The van der Waals surface area contributed by atoms with E-state index in [-0.39, 0.29) is 0 Å². The number of thiocarbonyl (C=S) groups is 1. The number of benzene rings is 1. The third-order valence-electron chi connectivity index (χ3n) is 5.00. The first-order valence-electron chi connectivity index (χ1n) is 9.24. The van der Waals surface area contributed by atoms with E-state index in [1.807, 2.05) is 15.8 Å². The van der Waals surface area contributed by atoms with Crippen molar-refractivity contribution in [2.75, 3.05) is 31.5 Å². The third kappa shape index (κ3) is 4.82. The summed E-state index contributed by atoms with van der Waals surface area (Å²) >= 11 is 5.40. The molecule has 5 nitrogen and oxygen atoms in total. The van der Waals surface area contributed by atoms with Gasteiger partial charge in [-0.05, 0) is 44.3 Å². The van der Waals surface area contributed by atoms with Crippen molar-refractivity contribution in [3.8, 4) is 0 Å². The highest BCUT2D eigenvalue weighted by Gasteiger charge is 2.30. The van der Waals surface area contributed by atoms with Crippen LogP contribution in [0.2, 0.25) is 0 Å². The zero-order valence-corrected chi connectivity index (χ0v) is 16.8. The number of nitrogens with one attached hydrogen (secondary N) is 1. The average Bonchev–Trinajstić information content (AvgIpc) is 3.01. The smallest absolute Gasteiger partial charge is 0.346 e. The van der Waals surface area contributed by atoms with Crippen LogP contribution in [-0.2, 0) is 19.3 Å². The monoisotopic (exact) mass is 411 g/mol. The van der Waals surface area contributed by atoms with E-state index in [1.165, 1.54) is 17.3 Å². The number of rotatable bonds is 4. The molecule has 0 atom stereocenters. The van der Waals surface area contributed by atoms with Crippen molar-refractivity contribution in [1.29, 1.82) is 0 Å². The fourth-order valence-corrected chi connectivity index (χ4v) is 3.59. The lowest BCUT2D eigenvalue weighted by Gasteiger charge is -2.36. The molecule has 0 spiro atoms. The van der Waals surface area contributed by atoms with Crippen LogP contribution in [0.5, 0.6) is 0 Å². The topological polar surface area (TPSA) is 36.3 Å². The summed E-state index contributed by atoms with van der Waals surface area (Å²) in [5.41, 5.74) is 2.07. The Kier molecular flexibility index (Phi) is 6.24. The van der Waals surface area contributed by atoms with Gasteiger partial charge in [-0.15, -0.1) is 0 Å². The second-order valence-electron chi connectivity index (χ2n) is 6.84. The van der Waals surface area contributed by atoms with Crippen molar-refractivity contribution in [3.63, 3.8) is 0 Å². The van der Waals surface area contributed by atoms with E-state index in [2.05, 4.69) is 29.2 Å². The van der Waals surface area contributed by atoms with E-state index in [1.54, 1.807) is 6.07 Å². The molecule has 0 saturated carbocycles. The van der Waals surface area contributed by atoms with Crippen molar-refractivity contribution in [2.24, 2.45) is 0 Å². The molecule has 1 aromatic heterocycles. The number of halogens is 3. The van der Waals surface area contributed by atoms with Gasteiger partial charge in [0.05, 0.1) is 11.8 Å². The number of nitrogens with zero attached hydrogens (tertiary/aromatic N) is 4. The van der Waals surface area contributed by atoms with E-state index in [4.69, 9.17) is 12.2 Å². The fourth-order valence-electron chi connectivity index (χ4n) is 3.29. The Morgan fingerprint density at radius 2 is 1.93 bits per heavy atom. The number of aromatic nitrogens is 2. The maximum absolute atomic E-state index is 12.9. The van der Waals surface area contributed by atoms with Crippen molar-refractivity contribution in [2.45, 2.75) is 33.1 Å².